The van der Waals surface area contributed by atoms with E-state index in [-0.39, 0.29) is 0 Å². The van der Waals surface area contributed by atoms with E-state index in [9.17, 15) is 0 Å². The van der Waals surface area contributed by atoms with Crippen LogP contribution in [0.1, 0.15) is 18.2 Å². The number of aromatic nitrogens is 1. The van der Waals surface area contributed by atoms with Crippen molar-refractivity contribution < 1.29 is 0 Å². The predicted octanol–water partition coefficient (Wildman–Crippen LogP) is 1.27. The molecular weight excluding hydrogens is 126 g/mol. The zero-order valence-electron chi connectivity index (χ0n) is 5.60. The number of nitrogens with zero attached hydrogens (tertiary/aromatic N) is 1. The number of rotatable bonds is 1. The molecule has 0 aliphatic heterocycles. The summed E-state index contributed by atoms with van der Waals surface area (Å²) in [5.74, 6) is 0. The molecule has 0 spiro atoms. The van der Waals surface area contributed by atoms with Gasteiger partial charge in [-0.05, 0) is 13.0 Å². The molecular formula is C7H7N3. The molecule has 0 aliphatic carbocycles. The van der Waals surface area contributed by atoms with Gasteiger partial charge in [-0.25, -0.2) is 0 Å². The minimum Gasteiger partial charge on any atom is -0.352 e. The molecule has 0 bridgehead atoms. The van der Waals surface area contributed by atoms with Crippen LogP contribution in [-0.2, 0) is 0 Å². The van der Waals surface area contributed by atoms with Crippen LogP contribution in [0.25, 0.3) is 0 Å². The number of hydrogen-bond donors (Lipinski definition) is 2. The Kier molecular flexibility index (Phi) is 1.55. The third-order valence-electron chi connectivity index (χ3n) is 1.24. The maximum Gasteiger partial charge on any atom is 0.118 e. The molecule has 0 aromatic carbocycles. The molecule has 3 heteroatoms. The Morgan fingerprint density at radius 1 is 1.80 bits per heavy atom. The fourth-order valence-electron chi connectivity index (χ4n) is 0.675. The minimum absolute atomic E-state index is 0.470. The van der Waals surface area contributed by atoms with Crippen molar-refractivity contribution in [3.05, 3.63) is 23.5 Å². The molecule has 0 saturated carbocycles. The Morgan fingerprint density at radius 2 is 2.50 bits per heavy atom. The fourth-order valence-corrected chi connectivity index (χ4v) is 0.675. The van der Waals surface area contributed by atoms with Gasteiger partial charge in [0.15, 0.2) is 0 Å². The SMILES string of the molecule is CC(=N)c1c[nH]c(C#N)c1. The maximum atomic E-state index is 8.38. The van der Waals surface area contributed by atoms with Crippen LogP contribution in [0.15, 0.2) is 12.3 Å². The van der Waals surface area contributed by atoms with Crippen molar-refractivity contribution in [3.8, 4) is 6.07 Å². The smallest absolute Gasteiger partial charge is 0.118 e. The molecule has 1 heterocycles. The van der Waals surface area contributed by atoms with Crippen LogP contribution in [0.2, 0.25) is 0 Å². The van der Waals surface area contributed by atoms with Crippen molar-refractivity contribution in [1.82, 2.24) is 4.98 Å². The average Bonchev–Trinajstić information content (AvgIpc) is 2.34. The van der Waals surface area contributed by atoms with Crippen molar-refractivity contribution in [3.63, 3.8) is 0 Å². The van der Waals surface area contributed by atoms with Gasteiger partial charge in [0.05, 0.1) is 0 Å². The summed E-state index contributed by atoms with van der Waals surface area (Å²) in [5.41, 5.74) is 1.75. The summed E-state index contributed by atoms with van der Waals surface area (Å²) in [6.07, 6.45) is 1.65. The van der Waals surface area contributed by atoms with Gasteiger partial charge in [-0.2, -0.15) is 5.26 Å². The van der Waals surface area contributed by atoms with E-state index in [0.29, 0.717) is 11.4 Å². The topological polar surface area (TPSA) is 63.4 Å². The first-order valence-corrected chi connectivity index (χ1v) is 2.88. The molecule has 0 amide bonds. The standard InChI is InChI=1S/C7H7N3/c1-5(9)6-2-7(3-8)10-4-6/h2,4,9-10H,1H3. The van der Waals surface area contributed by atoms with Crippen molar-refractivity contribution >= 4 is 5.71 Å². The normalized spacial score (nSPS) is 8.80. The van der Waals surface area contributed by atoms with E-state index in [1.165, 1.54) is 0 Å². The fraction of sp³-hybridized carbons (Fsp3) is 0.143. The zero-order chi connectivity index (χ0) is 7.56. The Bertz CT molecular complexity index is 290. The van der Waals surface area contributed by atoms with Gasteiger partial charge in [0.25, 0.3) is 0 Å². The van der Waals surface area contributed by atoms with E-state index < -0.39 is 0 Å². The van der Waals surface area contributed by atoms with Crippen LogP contribution in [-0.4, -0.2) is 10.7 Å². The number of hydrogen-bond acceptors (Lipinski definition) is 2. The molecule has 0 saturated heterocycles. The number of H-pyrrole nitrogens is 1. The summed E-state index contributed by atoms with van der Waals surface area (Å²) in [5, 5.41) is 15.6. The monoisotopic (exact) mass is 133 g/mol. The number of nitriles is 1. The molecule has 10 heavy (non-hydrogen) atoms. The van der Waals surface area contributed by atoms with E-state index in [1.807, 2.05) is 6.07 Å². The van der Waals surface area contributed by atoms with Crippen molar-refractivity contribution in [2.75, 3.05) is 0 Å². The third-order valence-corrected chi connectivity index (χ3v) is 1.24. The Labute approximate surface area is 58.8 Å². The summed E-state index contributed by atoms with van der Waals surface area (Å²) in [7, 11) is 0. The molecule has 3 nitrogen and oxygen atoms in total. The maximum absolute atomic E-state index is 8.38. The van der Waals surface area contributed by atoms with Gasteiger partial charge >= 0.3 is 0 Å². The van der Waals surface area contributed by atoms with E-state index in [4.69, 9.17) is 10.7 Å². The van der Waals surface area contributed by atoms with Crippen LogP contribution in [0.4, 0.5) is 0 Å². The molecule has 1 aromatic rings. The van der Waals surface area contributed by atoms with Gasteiger partial charge in [-0.15, -0.1) is 0 Å². The van der Waals surface area contributed by atoms with Gasteiger partial charge in [0, 0.05) is 17.5 Å². The summed E-state index contributed by atoms with van der Waals surface area (Å²) in [4.78, 5) is 2.73. The molecule has 2 N–H and O–H groups in total. The van der Waals surface area contributed by atoms with Gasteiger partial charge in [0.2, 0.25) is 0 Å². The van der Waals surface area contributed by atoms with Crippen LogP contribution in [0.3, 0.4) is 0 Å². The second-order valence-corrected chi connectivity index (χ2v) is 2.04. The van der Waals surface area contributed by atoms with Crippen LogP contribution >= 0.6 is 0 Å². The highest BCUT2D eigenvalue weighted by atomic mass is 14.7. The Morgan fingerprint density at radius 3 is 2.80 bits per heavy atom. The lowest BCUT2D eigenvalue weighted by molar-refractivity contribution is 1.33. The molecule has 0 atom stereocenters. The first-order valence-electron chi connectivity index (χ1n) is 2.88. The lowest BCUT2D eigenvalue weighted by Gasteiger charge is -1.84. The second kappa shape index (κ2) is 2.36. The molecule has 0 radical (unpaired) electrons. The highest BCUT2D eigenvalue weighted by Gasteiger charge is 1.97. The molecule has 1 rings (SSSR count). The highest BCUT2D eigenvalue weighted by Crippen LogP contribution is 2.01. The van der Waals surface area contributed by atoms with Gasteiger partial charge < -0.3 is 10.4 Å². The van der Waals surface area contributed by atoms with E-state index in [2.05, 4.69) is 4.98 Å². The summed E-state index contributed by atoms with van der Waals surface area (Å²) in [6, 6.07) is 3.61. The van der Waals surface area contributed by atoms with Crippen molar-refractivity contribution in [2.45, 2.75) is 6.92 Å². The lowest BCUT2D eigenvalue weighted by Crippen LogP contribution is -1.86. The molecule has 0 unspecified atom stereocenters. The molecule has 1 aromatic heterocycles. The zero-order valence-corrected chi connectivity index (χ0v) is 5.60. The van der Waals surface area contributed by atoms with Gasteiger partial charge in [-0.1, -0.05) is 0 Å². The largest absolute Gasteiger partial charge is 0.352 e. The van der Waals surface area contributed by atoms with Gasteiger partial charge in [0.1, 0.15) is 11.8 Å². The first kappa shape index (κ1) is 6.56. The predicted molar refractivity (Wildman–Crippen MR) is 38.0 cm³/mol. The van der Waals surface area contributed by atoms with Crippen LogP contribution < -0.4 is 0 Å². The van der Waals surface area contributed by atoms with Gasteiger partial charge in [-0.3, -0.25) is 0 Å². The van der Waals surface area contributed by atoms with Crippen molar-refractivity contribution in [1.29, 1.82) is 10.7 Å². The average molecular weight is 133 g/mol. The van der Waals surface area contributed by atoms with E-state index in [1.54, 1.807) is 19.2 Å². The summed E-state index contributed by atoms with van der Waals surface area (Å²) >= 11 is 0. The second-order valence-electron chi connectivity index (χ2n) is 2.04. The Hall–Kier alpha value is -1.56. The lowest BCUT2D eigenvalue weighted by atomic mass is 10.2. The molecule has 50 valence electrons. The van der Waals surface area contributed by atoms with E-state index in [0.717, 1.165) is 5.56 Å². The molecule has 0 aliphatic rings. The first-order chi connectivity index (χ1) is 4.74. The summed E-state index contributed by atoms with van der Waals surface area (Å²) < 4.78 is 0. The number of aromatic amines is 1. The summed E-state index contributed by atoms with van der Waals surface area (Å²) in [6.45, 7) is 1.68. The van der Waals surface area contributed by atoms with Crippen LogP contribution in [0.5, 0.6) is 0 Å². The third kappa shape index (κ3) is 1.06. The molecule has 0 fully saturated rings. The minimum atomic E-state index is 0.470. The van der Waals surface area contributed by atoms with Crippen LogP contribution in [0, 0.1) is 16.7 Å². The Balaban J connectivity index is 3.02. The number of nitrogens with one attached hydrogen (secondary N) is 2. The van der Waals surface area contributed by atoms with E-state index >= 15 is 0 Å². The van der Waals surface area contributed by atoms with Crippen molar-refractivity contribution in [2.24, 2.45) is 0 Å². The highest BCUT2D eigenvalue weighted by molar-refractivity contribution is 5.96. The quantitative estimate of drug-likeness (QED) is 0.557.